The summed E-state index contributed by atoms with van der Waals surface area (Å²) in [7, 11) is 0. The minimum absolute atomic E-state index is 0.0845. The first-order valence-corrected chi connectivity index (χ1v) is 8.01. The number of nitrogens with one attached hydrogen (secondary N) is 1. The maximum atomic E-state index is 6.40. The number of ether oxygens (including phenoxy) is 1. The molecule has 0 unspecified atom stereocenters. The van der Waals surface area contributed by atoms with Gasteiger partial charge in [0.25, 0.3) is 0 Å². The van der Waals surface area contributed by atoms with Gasteiger partial charge in [-0.2, -0.15) is 0 Å². The van der Waals surface area contributed by atoms with Gasteiger partial charge in [-0.25, -0.2) is 0 Å². The molecule has 0 radical (unpaired) electrons. The third kappa shape index (κ3) is 3.96. The topological polar surface area (TPSA) is 21.3 Å². The molecule has 0 saturated carbocycles. The summed E-state index contributed by atoms with van der Waals surface area (Å²) >= 11 is 0. The van der Waals surface area contributed by atoms with Crippen molar-refractivity contribution in [2.75, 3.05) is 0 Å². The predicted octanol–water partition coefficient (Wildman–Crippen LogP) is 4.49. The van der Waals surface area contributed by atoms with Crippen LogP contribution in [0.3, 0.4) is 0 Å². The Balaban J connectivity index is 2.58. The van der Waals surface area contributed by atoms with Gasteiger partial charge in [-0.15, -0.1) is 0 Å². The molecular weight excluding hydrogens is 222 g/mol. The van der Waals surface area contributed by atoms with Crippen LogP contribution >= 0.6 is 0 Å². The second-order valence-electron chi connectivity index (χ2n) is 6.22. The molecule has 0 spiro atoms. The second kappa shape index (κ2) is 7.49. The van der Waals surface area contributed by atoms with Crippen molar-refractivity contribution < 1.29 is 4.74 Å². The number of hydrogen-bond donors (Lipinski definition) is 1. The van der Waals surface area contributed by atoms with E-state index in [1.807, 2.05) is 0 Å². The van der Waals surface area contributed by atoms with Crippen molar-refractivity contribution in [1.82, 2.24) is 5.32 Å². The summed E-state index contributed by atoms with van der Waals surface area (Å²) < 4.78 is 6.40. The zero-order valence-electron chi connectivity index (χ0n) is 13.1. The van der Waals surface area contributed by atoms with Crippen molar-refractivity contribution >= 4 is 0 Å². The van der Waals surface area contributed by atoms with E-state index in [2.05, 4.69) is 39.9 Å². The Morgan fingerprint density at radius 2 is 1.78 bits per heavy atom. The van der Waals surface area contributed by atoms with E-state index < -0.39 is 0 Å². The lowest BCUT2D eigenvalue weighted by atomic mass is 9.84. The van der Waals surface area contributed by atoms with Crippen molar-refractivity contribution in [3.63, 3.8) is 0 Å². The fourth-order valence-corrected chi connectivity index (χ4v) is 3.16. The van der Waals surface area contributed by atoms with Crippen LogP contribution in [-0.4, -0.2) is 17.9 Å². The fourth-order valence-electron chi connectivity index (χ4n) is 3.16. The largest absolute Gasteiger partial charge is 0.355 e. The summed E-state index contributed by atoms with van der Waals surface area (Å²) in [6.07, 6.45) is 8.83. The van der Waals surface area contributed by atoms with Crippen LogP contribution in [0.5, 0.6) is 0 Å². The van der Waals surface area contributed by atoms with Gasteiger partial charge in [-0.3, -0.25) is 5.32 Å². The van der Waals surface area contributed by atoms with Gasteiger partial charge >= 0.3 is 0 Å². The Hall–Kier alpha value is -0.0800. The van der Waals surface area contributed by atoms with Gasteiger partial charge < -0.3 is 4.74 Å². The molecule has 18 heavy (non-hydrogen) atoms. The summed E-state index contributed by atoms with van der Waals surface area (Å²) in [5.41, 5.74) is 0.0845. The van der Waals surface area contributed by atoms with Crippen LogP contribution in [0.25, 0.3) is 0 Å². The van der Waals surface area contributed by atoms with Crippen LogP contribution in [0, 0.1) is 5.92 Å². The van der Waals surface area contributed by atoms with E-state index in [4.69, 9.17) is 4.74 Å². The minimum atomic E-state index is 0.0845. The first kappa shape index (κ1) is 16.0. The van der Waals surface area contributed by atoms with Gasteiger partial charge in [0.05, 0.1) is 5.60 Å². The van der Waals surface area contributed by atoms with Crippen LogP contribution < -0.4 is 5.32 Å². The van der Waals surface area contributed by atoms with Crippen LogP contribution in [0.4, 0.5) is 0 Å². The summed E-state index contributed by atoms with van der Waals surface area (Å²) in [6, 6.07) is 0.541. The highest BCUT2D eigenvalue weighted by molar-refractivity contribution is 4.98. The third-order valence-corrected chi connectivity index (χ3v) is 4.37. The molecule has 0 aromatic carbocycles. The monoisotopic (exact) mass is 255 g/mol. The highest BCUT2D eigenvalue weighted by Gasteiger charge is 2.45. The molecule has 1 rings (SSSR count). The Labute approximate surface area is 114 Å². The Kier molecular flexibility index (Phi) is 6.65. The molecule has 0 amide bonds. The highest BCUT2D eigenvalue weighted by Crippen LogP contribution is 2.36. The van der Waals surface area contributed by atoms with Crippen LogP contribution in [0.15, 0.2) is 0 Å². The summed E-state index contributed by atoms with van der Waals surface area (Å²) in [6.45, 7) is 11.4. The van der Waals surface area contributed by atoms with Gasteiger partial charge in [-0.05, 0) is 38.0 Å². The molecule has 108 valence electrons. The third-order valence-electron chi connectivity index (χ3n) is 4.37. The van der Waals surface area contributed by atoms with Crippen LogP contribution in [0.2, 0.25) is 0 Å². The van der Waals surface area contributed by atoms with E-state index in [-0.39, 0.29) is 5.60 Å². The maximum Gasteiger partial charge on any atom is 0.109 e. The normalized spacial score (nSPS) is 27.0. The number of hydrogen-bond acceptors (Lipinski definition) is 2. The maximum absolute atomic E-state index is 6.40. The van der Waals surface area contributed by atoms with Gasteiger partial charge in [0.1, 0.15) is 6.23 Å². The first-order chi connectivity index (χ1) is 8.57. The molecular formula is C16H33NO. The van der Waals surface area contributed by atoms with Crippen molar-refractivity contribution in [3.8, 4) is 0 Å². The lowest BCUT2D eigenvalue weighted by molar-refractivity contribution is -0.0582. The molecule has 1 fully saturated rings. The molecule has 0 bridgehead atoms. The number of unbranched alkanes of at least 4 members (excludes halogenated alkanes) is 2. The van der Waals surface area contributed by atoms with Crippen LogP contribution in [-0.2, 0) is 4.74 Å². The van der Waals surface area contributed by atoms with Crippen molar-refractivity contribution in [3.05, 3.63) is 0 Å². The molecule has 1 saturated heterocycles. The van der Waals surface area contributed by atoms with Gasteiger partial charge in [0, 0.05) is 6.04 Å². The lowest BCUT2D eigenvalue weighted by Gasteiger charge is -2.32. The molecule has 2 atom stereocenters. The van der Waals surface area contributed by atoms with Gasteiger partial charge in [0.15, 0.2) is 0 Å². The second-order valence-corrected chi connectivity index (χ2v) is 6.22. The van der Waals surface area contributed by atoms with E-state index in [0.29, 0.717) is 12.3 Å². The van der Waals surface area contributed by atoms with E-state index in [9.17, 15) is 0 Å². The van der Waals surface area contributed by atoms with Gasteiger partial charge in [0.2, 0.25) is 0 Å². The Morgan fingerprint density at radius 1 is 1.11 bits per heavy atom. The molecule has 2 heteroatoms. The fraction of sp³-hybridized carbons (Fsp3) is 1.00. The predicted molar refractivity (Wildman–Crippen MR) is 78.7 cm³/mol. The SMILES string of the molecule is CCCCC[C@H]1N[C@@H](CC(C)C)C(CC)(CC)O1. The van der Waals surface area contributed by atoms with Crippen LogP contribution in [0.1, 0.15) is 79.6 Å². The molecule has 1 aliphatic rings. The van der Waals surface area contributed by atoms with Crippen molar-refractivity contribution in [2.24, 2.45) is 5.92 Å². The zero-order valence-corrected chi connectivity index (χ0v) is 13.1. The molecule has 0 aliphatic carbocycles. The van der Waals surface area contributed by atoms with E-state index in [1.165, 1.54) is 32.1 Å². The van der Waals surface area contributed by atoms with E-state index in [1.54, 1.807) is 0 Å². The van der Waals surface area contributed by atoms with Crippen molar-refractivity contribution in [1.29, 1.82) is 0 Å². The molecule has 1 N–H and O–H groups in total. The molecule has 0 aromatic heterocycles. The summed E-state index contributed by atoms with van der Waals surface area (Å²) in [4.78, 5) is 0. The molecule has 2 nitrogen and oxygen atoms in total. The minimum Gasteiger partial charge on any atom is -0.355 e. The molecule has 1 aliphatic heterocycles. The zero-order chi connectivity index (χ0) is 13.6. The smallest absolute Gasteiger partial charge is 0.109 e. The first-order valence-electron chi connectivity index (χ1n) is 8.01. The number of rotatable bonds is 8. The van der Waals surface area contributed by atoms with E-state index in [0.717, 1.165) is 18.8 Å². The lowest BCUT2D eigenvalue weighted by Crippen LogP contribution is -2.43. The molecule has 0 aromatic rings. The van der Waals surface area contributed by atoms with Gasteiger partial charge in [-0.1, -0.05) is 47.5 Å². The average molecular weight is 255 g/mol. The van der Waals surface area contributed by atoms with Crippen molar-refractivity contribution in [2.45, 2.75) is 97.4 Å². The standard InChI is InChI=1S/C16H33NO/c1-6-9-10-11-15-17-14(12-13(4)5)16(7-2,8-3)18-15/h13-15,17H,6-12H2,1-5H3/t14-,15-/m0/s1. The summed E-state index contributed by atoms with van der Waals surface area (Å²) in [5, 5.41) is 3.75. The Morgan fingerprint density at radius 3 is 2.28 bits per heavy atom. The Bertz CT molecular complexity index is 223. The highest BCUT2D eigenvalue weighted by atomic mass is 16.5. The summed E-state index contributed by atoms with van der Waals surface area (Å²) in [5.74, 6) is 0.734. The average Bonchev–Trinajstić information content (AvgIpc) is 2.67. The molecule has 1 heterocycles. The van der Waals surface area contributed by atoms with E-state index >= 15 is 0 Å². The quantitative estimate of drug-likeness (QED) is 0.645.